The van der Waals surface area contributed by atoms with Gasteiger partial charge in [-0.05, 0) is 24.5 Å². The minimum atomic E-state index is -1.51. The summed E-state index contributed by atoms with van der Waals surface area (Å²) in [7, 11) is 0.00336. The fraction of sp³-hybridized carbons (Fsp3) is 0.250. The highest BCUT2D eigenvalue weighted by Crippen LogP contribution is 2.05. The molecular formula is C8H13BO3. The molecule has 3 nitrogen and oxygen atoms in total. The first-order valence-electron chi connectivity index (χ1n) is 3.56. The van der Waals surface area contributed by atoms with Crippen LogP contribution in [-0.4, -0.2) is 24.3 Å². The first-order chi connectivity index (χ1) is 5.65. The van der Waals surface area contributed by atoms with Crippen molar-refractivity contribution in [1.29, 1.82) is 0 Å². The zero-order valence-corrected chi connectivity index (χ0v) is 7.32. The summed E-state index contributed by atoms with van der Waals surface area (Å²) in [5.74, 6) is 0.568. The lowest BCUT2D eigenvalue weighted by Gasteiger charge is -2.02. The Morgan fingerprint density at radius 3 is 2.33 bits per heavy atom. The second-order valence-electron chi connectivity index (χ2n) is 2.12. The summed E-state index contributed by atoms with van der Waals surface area (Å²) in [6, 6.07) is 0. The molecule has 4 heteroatoms. The van der Waals surface area contributed by atoms with E-state index in [1.807, 2.05) is 0 Å². The van der Waals surface area contributed by atoms with Gasteiger partial charge in [-0.2, -0.15) is 0 Å². The minimum absolute atomic E-state index is 0.310. The van der Waals surface area contributed by atoms with E-state index in [2.05, 4.69) is 6.58 Å². The van der Waals surface area contributed by atoms with Gasteiger partial charge in [0, 0.05) is 0 Å². The van der Waals surface area contributed by atoms with Crippen LogP contribution in [0.15, 0.2) is 36.0 Å². The number of methoxy groups -OCH3 is 1. The average molecular weight is 168 g/mol. The molecule has 0 aliphatic carbocycles. The molecule has 0 atom stereocenters. The van der Waals surface area contributed by atoms with E-state index in [1.165, 1.54) is 19.3 Å². The van der Waals surface area contributed by atoms with Gasteiger partial charge in [0.1, 0.15) is 5.76 Å². The molecule has 66 valence electrons. The van der Waals surface area contributed by atoms with Gasteiger partial charge in [0.05, 0.1) is 7.11 Å². The van der Waals surface area contributed by atoms with E-state index in [0.29, 0.717) is 11.2 Å². The van der Waals surface area contributed by atoms with Crippen LogP contribution in [0.3, 0.4) is 0 Å². The zero-order chi connectivity index (χ0) is 9.56. The fourth-order valence-corrected chi connectivity index (χ4v) is 0.663. The van der Waals surface area contributed by atoms with E-state index in [-0.39, 0.29) is 0 Å². The molecular weight excluding hydrogens is 155 g/mol. The van der Waals surface area contributed by atoms with E-state index in [9.17, 15) is 0 Å². The van der Waals surface area contributed by atoms with Crippen molar-refractivity contribution in [3.05, 3.63) is 36.0 Å². The fourth-order valence-electron chi connectivity index (χ4n) is 0.663. The topological polar surface area (TPSA) is 49.7 Å². The van der Waals surface area contributed by atoms with Crippen LogP contribution in [0.1, 0.15) is 6.92 Å². The summed E-state index contributed by atoms with van der Waals surface area (Å²) >= 11 is 0. The lowest BCUT2D eigenvalue weighted by Crippen LogP contribution is -2.13. The molecule has 0 unspecified atom stereocenters. The molecule has 0 heterocycles. The molecule has 0 saturated heterocycles. The van der Waals surface area contributed by atoms with Gasteiger partial charge < -0.3 is 14.8 Å². The second-order valence-corrected chi connectivity index (χ2v) is 2.12. The van der Waals surface area contributed by atoms with Crippen LogP contribution < -0.4 is 0 Å². The van der Waals surface area contributed by atoms with Crippen molar-refractivity contribution in [3.63, 3.8) is 0 Å². The van der Waals surface area contributed by atoms with Crippen LogP contribution in [0.4, 0.5) is 0 Å². The maximum Gasteiger partial charge on any atom is 0.488 e. The molecule has 12 heavy (non-hydrogen) atoms. The van der Waals surface area contributed by atoms with Gasteiger partial charge in [0.2, 0.25) is 0 Å². The van der Waals surface area contributed by atoms with Crippen molar-refractivity contribution in [2.75, 3.05) is 7.11 Å². The maximum absolute atomic E-state index is 8.79. The highest BCUT2D eigenvalue weighted by atomic mass is 16.5. The molecule has 0 aromatic carbocycles. The third-order valence-electron chi connectivity index (χ3n) is 1.36. The average Bonchev–Trinajstić information content (AvgIpc) is 2.06. The summed E-state index contributed by atoms with van der Waals surface area (Å²) in [6.45, 7) is 5.22. The molecule has 0 aliphatic heterocycles. The predicted molar refractivity (Wildman–Crippen MR) is 49.2 cm³/mol. The van der Waals surface area contributed by atoms with Gasteiger partial charge in [0.25, 0.3) is 0 Å². The van der Waals surface area contributed by atoms with Gasteiger partial charge in [-0.1, -0.05) is 12.7 Å². The van der Waals surface area contributed by atoms with E-state index >= 15 is 0 Å². The van der Waals surface area contributed by atoms with Crippen LogP contribution in [0, 0.1) is 0 Å². The normalized spacial score (nSPS) is 12.7. The number of ether oxygens (including phenoxy) is 1. The van der Waals surface area contributed by atoms with E-state index in [0.717, 1.165) is 0 Å². The van der Waals surface area contributed by atoms with Crippen molar-refractivity contribution in [3.8, 4) is 0 Å². The first kappa shape index (κ1) is 11.0. The number of hydrogen-bond donors (Lipinski definition) is 2. The Bertz CT molecular complexity index is 206. The zero-order valence-electron chi connectivity index (χ0n) is 7.32. The summed E-state index contributed by atoms with van der Waals surface area (Å²) < 4.78 is 4.90. The summed E-state index contributed by atoms with van der Waals surface area (Å²) in [4.78, 5) is 0. The quantitative estimate of drug-likeness (QED) is 0.368. The standard InChI is InChI=1S/C8H13BO3/c1-4-7(9(10)11)6-8(5-2)12-3/h4-6,10-11H,1H2,2-3H3/b7-6+,8-5+. The van der Waals surface area contributed by atoms with Crippen molar-refractivity contribution in [1.82, 2.24) is 0 Å². The Morgan fingerprint density at radius 1 is 1.50 bits per heavy atom. The third kappa shape index (κ3) is 3.41. The van der Waals surface area contributed by atoms with Gasteiger partial charge in [0.15, 0.2) is 0 Å². The van der Waals surface area contributed by atoms with E-state index in [1.54, 1.807) is 13.0 Å². The molecule has 0 bridgehead atoms. The Morgan fingerprint density at radius 2 is 2.08 bits per heavy atom. The van der Waals surface area contributed by atoms with Crippen molar-refractivity contribution in [2.24, 2.45) is 0 Å². The SMILES string of the molecule is C=C/C(=C\C(=C/C)OC)B(O)O. The lowest BCUT2D eigenvalue weighted by atomic mass is 9.79. The Labute approximate surface area is 72.8 Å². The second kappa shape index (κ2) is 5.63. The van der Waals surface area contributed by atoms with Crippen molar-refractivity contribution in [2.45, 2.75) is 6.92 Å². The third-order valence-corrected chi connectivity index (χ3v) is 1.36. The van der Waals surface area contributed by atoms with Gasteiger partial charge in [-0.3, -0.25) is 0 Å². The maximum atomic E-state index is 8.79. The van der Waals surface area contributed by atoms with Crippen LogP contribution in [-0.2, 0) is 4.74 Å². The summed E-state index contributed by atoms with van der Waals surface area (Å²) in [6.07, 6.45) is 4.59. The number of allylic oxidation sites excluding steroid dienone is 4. The molecule has 0 amide bonds. The molecule has 0 aromatic rings. The number of hydrogen-bond acceptors (Lipinski definition) is 3. The Hall–Kier alpha value is -0.995. The highest BCUT2D eigenvalue weighted by Gasteiger charge is 2.11. The first-order valence-corrected chi connectivity index (χ1v) is 3.56. The van der Waals surface area contributed by atoms with Crippen LogP contribution in [0.5, 0.6) is 0 Å². The molecule has 0 saturated carbocycles. The molecule has 0 aromatic heterocycles. The van der Waals surface area contributed by atoms with Crippen LogP contribution >= 0.6 is 0 Å². The Balaban J connectivity index is 4.58. The lowest BCUT2D eigenvalue weighted by molar-refractivity contribution is 0.305. The van der Waals surface area contributed by atoms with Crippen molar-refractivity contribution >= 4 is 7.12 Å². The monoisotopic (exact) mass is 168 g/mol. The summed E-state index contributed by atoms with van der Waals surface area (Å²) in [5.41, 5.74) is 0.310. The van der Waals surface area contributed by atoms with Crippen molar-refractivity contribution < 1.29 is 14.8 Å². The van der Waals surface area contributed by atoms with E-state index < -0.39 is 7.12 Å². The molecule has 0 fully saturated rings. The predicted octanol–water partition coefficient (Wildman–Crippen LogP) is 0.661. The van der Waals surface area contributed by atoms with E-state index in [4.69, 9.17) is 14.8 Å². The Kier molecular flexibility index (Phi) is 5.16. The number of rotatable bonds is 4. The van der Waals surface area contributed by atoms with Gasteiger partial charge >= 0.3 is 7.12 Å². The van der Waals surface area contributed by atoms with Gasteiger partial charge in [-0.25, -0.2) is 0 Å². The molecule has 0 aliphatic rings. The largest absolute Gasteiger partial charge is 0.497 e. The summed E-state index contributed by atoms with van der Waals surface area (Å²) in [5, 5.41) is 17.6. The van der Waals surface area contributed by atoms with Crippen LogP contribution in [0.2, 0.25) is 0 Å². The molecule has 2 N–H and O–H groups in total. The smallest absolute Gasteiger partial charge is 0.488 e. The minimum Gasteiger partial charge on any atom is -0.497 e. The molecule has 0 radical (unpaired) electrons. The molecule has 0 rings (SSSR count). The van der Waals surface area contributed by atoms with Gasteiger partial charge in [-0.15, -0.1) is 0 Å². The highest BCUT2D eigenvalue weighted by molar-refractivity contribution is 6.51. The molecule has 0 spiro atoms. The van der Waals surface area contributed by atoms with Crippen LogP contribution in [0.25, 0.3) is 0 Å².